The predicted octanol–water partition coefficient (Wildman–Crippen LogP) is 2.44. The van der Waals surface area contributed by atoms with E-state index in [-0.39, 0.29) is 44.8 Å². The van der Waals surface area contributed by atoms with Gasteiger partial charge in [0, 0.05) is 5.56 Å². The summed E-state index contributed by atoms with van der Waals surface area (Å²) >= 11 is 0.986. The Morgan fingerprint density at radius 3 is 2.63 bits per heavy atom. The van der Waals surface area contributed by atoms with Crippen LogP contribution in [0.2, 0.25) is 0 Å². The molecule has 1 aromatic carbocycles. The number of nitrogens with two attached hydrogens (primary N) is 1. The largest absolute Gasteiger partial charge is 0.504 e. The van der Waals surface area contributed by atoms with E-state index in [1.807, 2.05) is 12.1 Å². The van der Waals surface area contributed by atoms with Crippen LogP contribution < -0.4 is 10.5 Å². The van der Waals surface area contributed by atoms with Crippen LogP contribution in [-0.4, -0.2) is 35.5 Å². The number of nitriles is 2. The summed E-state index contributed by atoms with van der Waals surface area (Å²) in [4.78, 5) is 15.5. The van der Waals surface area contributed by atoms with E-state index in [1.165, 1.54) is 19.2 Å². The maximum Gasteiger partial charge on any atom is 0.316 e. The molecule has 0 unspecified atom stereocenters. The van der Waals surface area contributed by atoms with Gasteiger partial charge in [0.25, 0.3) is 0 Å². The van der Waals surface area contributed by atoms with Crippen LogP contribution >= 0.6 is 11.8 Å². The maximum absolute atomic E-state index is 11.4. The monoisotopic (exact) mass is 384 g/mol. The third kappa shape index (κ3) is 4.22. The Labute approximate surface area is 160 Å². The van der Waals surface area contributed by atoms with Crippen molar-refractivity contribution in [3.05, 3.63) is 29.3 Å². The van der Waals surface area contributed by atoms with Gasteiger partial charge in [-0.25, -0.2) is 4.98 Å². The summed E-state index contributed by atoms with van der Waals surface area (Å²) in [6, 6.07) is 8.46. The number of carbonyl (C=O) groups excluding carboxylic acids is 1. The quantitative estimate of drug-likeness (QED) is 0.567. The van der Waals surface area contributed by atoms with Crippen LogP contribution in [0.3, 0.4) is 0 Å². The van der Waals surface area contributed by atoms with Gasteiger partial charge in [-0.15, -0.1) is 0 Å². The topological polar surface area (TPSA) is 142 Å². The van der Waals surface area contributed by atoms with Crippen molar-refractivity contribution in [2.45, 2.75) is 11.9 Å². The summed E-state index contributed by atoms with van der Waals surface area (Å²) in [5.74, 6) is -0.479. The molecule has 27 heavy (non-hydrogen) atoms. The summed E-state index contributed by atoms with van der Waals surface area (Å²) in [5.41, 5.74) is 6.76. The fraction of sp³-hybridized carbons (Fsp3) is 0.222. The lowest BCUT2D eigenvalue weighted by Gasteiger charge is -2.14. The number of ether oxygens (including phenoxy) is 2. The van der Waals surface area contributed by atoms with Crippen LogP contribution in [0.4, 0.5) is 5.82 Å². The van der Waals surface area contributed by atoms with E-state index in [0.717, 1.165) is 11.8 Å². The zero-order valence-corrected chi connectivity index (χ0v) is 15.5. The number of hydrogen-bond acceptors (Lipinski definition) is 9. The number of anilines is 1. The van der Waals surface area contributed by atoms with Gasteiger partial charge in [-0.3, -0.25) is 4.79 Å². The first kappa shape index (κ1) is 19.9. The molecule has 0 aliphatic rings. The highest BCUT2D eigenvalue weighted by Gasteiger charge is 2.22. The number of hydrogen-bond donors (Lipinski definition) is 2. The van der Waals surface area contributed by atoms with Gasteiger partial charge in [-0.05, 0) is 24.6 Å². The Morgan fingerprint density at radius 2 is 2.04 bits per heavy atom. The molecule has 138 valence electrons. The number of thioether (sulfide) groups is 1. The second kappa shape index (κ2) is 8.79. The molecule has 0 saturated carbocycles. The van der Waals surface area contributed by atoms with Crippen molar-refractivity contribution in [1.82, 2.24) is 4.98 Å². The molecule has 0 saturated heterocycles. The number of methoxy groups -OCH3 is 1. The normalized spacial score (nSPS) is 9.93. The average molecular weight is 384 g/mol. The van der Waals surface area contributed by atoms with Crippen molar-refractivity contribution < 1.29 is 19.4 Å². The van der Waals surface area contributed by atoms with Crippen LogP contribution in [0, 0.1) is 22.7 Å². The Kier molecular flexibility index (Phi) is 6.47. The number of nitrogen functional groups attached to an aromatic ring is 1. The lowest BCUT2D eigenvalue weighted by molar-refractivity contribution is -0.137. The summed E-state index contributed by atoms with van der Waals surface area (Å²) in [7, 11) is 1.26. The third-order valence-electron chi connectivity index (χ3n) is 3.52. The van der Waals surface area contributed by atoms with Gasteiger partial charge in [0.15, 0.2) is 11.5 Å². The Balaban J connectivity index is 2.69. The molecular weight excluding hydrogens is 368 g/mol. The molecule has 0 radical (unpaired) electrons. The van der Waals surface area contributed by atoms with Crippen LogP contribution in [0.15, 0.2) is 23.2 Å². The van der Waals surface area contributed by atoms with Crippen molar-refractivity contribution in [3.63, 3.8) is 0 Å². The highest BCUT2D eigenvalue weighted by Crippen LogP contribution is 2.39. The lowest BCUT2D eigenvalue weighted by atomic mass is 9.96. The second-order valence-corrected chi connectivity index (χ2v) is 6.10. The van der Waals surface area contributed by atoms with Crippen LogP contribution in [0.1, 0.15) is 18.1 Å². The van der Waals surface area contributed by atoms with Gasteiger partial charge in [0.05, 0.1) is 25.0 Å². The fourth-order valence-electron chi connectivity index (χ4n) is 2.32. The van der Waals surface area contributed by atoms with E-state index >= 15 is 0 Å². The third-order valence-corrected chi connectivity index (χ3v) is 4.47. The predicted molar refractivity (Wildman–Crippen MR) is 99.1 cm³/mol. The molecule has 2 rings (SSSR count). The molecule has 8 nitrogen and oxygen atoms in total. The van der Waals surface area contributed by atoms with Gasteiger partial charge in [-0.1, -0.05) is 17.8 Å². The van der Waals surface area contributed by atoms with Crippen molar-refractivity contribution >= 4 is 23.5 Å². The smallest absolute Gasteiger partial charge is 0.316 e. The minimum Gasteiger partial charge on any atom is -0.504 e. The molecule has 0 fully saturated rings. The molecule has 0 bridgehead atoms. The molecule has 9 heteroatoms. The Bertz CT molecular complexity index is 963. The standard InChI is InChI=1S/C18H16N4O4S/c1-3-26-14-6-10(4-5-13(14)23)16-11(7-19)17(21)22-18(12(16)8-20)27-9-15(24)25-2/h4-6,23H,3,9H2,1-2H3,(H2,21,22). The van der Waals surface area contributed by atoms with Crippen molar-refractivity contribution in [2.24, 2.45) is 0 Å². The molecular formula is C18H16N4O4S. The number of phenolic OH excluding ortho intramolecular Hbond substituents is 1. The number of nitrogens with zero attached hydrogens (tertiary/aromatic N) is 3. The zero-order valence-electron chi connectivity index (χ0n) is 14.6. The van der Waals surface area contributed by atoms with Gasteiger partial charge >= 0.3 is 5.97 Å². The van der Waals surface area contributed by atoms with Gasteiger partial charge in [0.2, 0.25) is 0 Å². The number of aromatic nitrogens is 1. The first-order chi connectivity index (χ1) is 13.0. The minimum atomic E-state index is -0.488. The van der Waals surface area contributed by atoms with E-state index in [1.54, 1.807) is 13.0 Å². The average Bonchev–Trinajstić information content (AvgIpc) is 2.67. The molecule has 1 heterocycles. The van der Waals surface area contributed by atoms with Crippen molar-refractivity contribution in [1.29, 1.82) is 10.5 Å². The fourth-order valence-corrected chi connectivity index (χ4v) is 3.15. The number of phenols is 1. The minimum absolute atomic E-state index is 0.0297. The summed E-state index contributed by atoms with van der Waals surface area (Å²) in [6.45, 7) is 2.09. The SMILES string of the molecule is CCOc1cc(-c2c(C#N)c(N)nc(SCC(=O)OC)c2C#N)ccc1O. The first-order valence-corrected chi connectivity index (χ1v) is 8.74. The Hall–Kier alpha value is -3.43. The number of esters is 1. The van der Waals surface area contributed by atoms with Crippen LogP contribution in [0.25, 0.3) is 11.1 Å². The molecule has 2 aromatic rings. The van der Waals surface area contributed by atoms with Crippen molar-refractivity contribution in [3.8, 4) is 34.8 Å². The van der Waals surface area contributed by atoms with E-state index in [4.69, 9.17) is 10.5 Å². The number of rotatable bonds is 6. The van der Waals surface area contributed by atoms with Crippen molar-refractivity contribution in [2.75, 3.05) is 25.2 Å². The summed E-state index contributed by atoms with van der Waals surface area (Å²) < 4.78 is 9.96. The van der Waals surface area contributed by atoms with Gasteiger partial charge < -0.3 is 20.3 Å². The van der Waals surface area contributed by atoms with Gasteiger partial charge in [-0.2, -0.15) is 10.5 Å². The van der Waals surface area contributed by atoms with Crippen LogP contribution in [0.5, 0.6) is 11.5 Å². The number of aromatic hydroxyl groups is 1. The molecule has 1 aromatic heterocycles. The highest BCUT2D eigenvalue weighted by molar-refractivity contribution is 7.99. The molecule has 0 spiro atoms. The first-order valence-electron chi connectivity index (χ1n) is 7.76. The molecule has 3 N–H and O–H groups in total. The number of benzene rings is 1. The second-order valence-electron chi connectivity index (χ2n) is 5.13. The van der Waals surface area contributed by atoms with E-state index < -0.39 is 5.97 Å². The molecule has 0 aliphatic carbocycles. The number of pyridine rings is 1. The Morgan fingerprint density at radius 1 is 1.33 bits per heavy atom. The highest BCUT2D eigenvalue weighted by atomic mass is 32.2. The zero-order chi connectivity index (χ0) is 20.0. The lowest BCUT2D eigenvalue weighted by Crippen LogP contribution is -2.07. The van der Waals surface area contributed by atoms with Gasteiger partial charge in [0.1, 0.15) is 28.5 Å². The van der Waals surface area contributed by atoms with E-state index in [2.05, 4.69) is 9.72 Å². The van der Waals surface area contributed by atoms with E-state index in [9.17, 15) is 20.4 Å². The summed E-state index contributed by atoms with van der Waals surface area (Å²) in [6.07, 6.45) is 0. The molecule has 0 atom stereocenters. The molecule has 0 aliphatic heterocycles. The maximum atomic E-state index is 11.4. The van der Waals surface area contributed by atoms with Crippen LogP contribution in [-0.2, 0) is 9.53 Å². The summed E-state index contributed by atoms with van der Waals surface area (Å²) in [5, 5.41) is 29.3. The van der Waals surface area contributed by atoms with E-state index in [0.29, 0.717) is 12.2 Å². The molecule has 0 amide bonds. The number of carbonyl (C=O) groups is 1.